The summed E-state index contributed by atoms with van der Waals surface area (Å²) in [7, 11) is -3.31. The molecule has 16 heavy (non-hydrogen) atoms. The molecule has 0 aliphatic heterocycles. The fourth-order valence-electron chi connectivity index (χ4n) is 1.27. The monoisotopic (exact) mass is 306 g/mol. The number of nitrogens with one attached hydrogen (secondary N) is 1. The molecule has 0 heterocycles. The first-order valence-electron chi connectivity index (χ1n) is 4.85. The topological polar surface area (TPSA) is 72.2 Å². The van der Waals surface area contributed by atoms with Gasteiger partial charge in [-0.25, -0.2) is 8.42 Å². The van der Waals surface area contributed by atoms with Gasteiger partial charge < -0.3 is 5.73 Å². The first kappa shape index (κ1) is 13.3. The van der Waals surface area contributed by atoms with Gasteiger partial charge in [-0.05, 0) is 24.1 Å². The lowest BCUT2D eigenvalue weighted by Crippen LogP contribution is -2.20. The summed E-state index contributed by atoms with van der Waals surface area (Å²) in [6, 6.07) is 5.04. The first-order valence-corrected chi connectivity index (χ1v) is 7.30. The Balaban J connectivity index is 2.88. The van der Waals surface area contributed by atoms with E-state index in [0.29, 0.717) is 11.4 Å². The maximum absolute atomic E-state index is 11.7. The molecular formula is C10H15BrN2O2S. The van der Waals surface area contributed by atoms with E-state index in [1.165, 1.54) is 0 Å². The Bertz CT molecular complexity index is 472. The average Bonchev–Trinajstić information content (AvgIpc) is 2.07. The van der Waals surface area contributed by atoms with Crippen molar-refractivity contribution in [3.63, 3.8) is 0 Å². The van der Waals surface area contributed by atoms with Crippen molar-refractivity contribution in [3.05, 3.63) is 22.7 Å². The highest BCUT2D eigenvalue weighted by Crippen LogP contribution is 2.24. The van der Waals surface area contributed by atoms with Gasteiger partial charge >= 0.3 is 0 Å². The SMILES string of the molecule is CC(C)CS(=O)(=O)Nc1ccc(Br)cc1N. The number of nitrogens with two attached hydrogens (primary N) is 1. The number of rotatable bonds is 4. The summed E-state index contributed by atoms with van der Waals surface area (Å²) in [5.41, 5.74) is 6.53. The molecule has 0 aliphatic rings. The molecule has 1 aromatic rings. The third kappa shape index (κ3) is 4.02. The van der Waals surface area contributed by atoms with E-state index in [4.69, 9.17) is 5.73 Å². The highest BCUT2D eigenvalue weighted by molar-refractivity contribution is 9.10. The molecule has 0 spiro atoms. The predicted octanol–water partition coefficient (Wildman–Crippen LogP) is 2.43. The van der Waals surface area contributed by atoms with Crippen molar-refractivity contribution in [3.8, 4) is 0 Å². The number of hydrogen-bond donors (Lipinski definition) is 2. The van der Waals surface area contributed by atoms with Crippen LogP contribution in [0.5, 0.6) is 0 Å². The zero-order chi connectivity index (χ0) is 12.3. The van der Waals surface area contributed by atoms with E-state index in [0.717, 1.165) is 4.47 Å². The molecule has 0 radical (unpaired) electrons. The van der Waals surface area contributed by atoms with Crippen molar-refractivity contribution in [2.75, 3.05) is 16.2 Å². The molecule has 0 saturated heterocycles. The van der Waals surface area contributed by atoms with E-state index in [1.807, 2.05) is 13.8 Å². The molecule has 4 nitrogen and oxygen atoms in total. The van der Waals surface area contributed by atoms with Gasteiger partial charge in [0.15, 0.2) is 0 Å². The summed E-state index contributed by atoms with van der Waals surface area (Å²) in [5, 5.41) is 0. The molecule has 0 aromatic heterocycles. The Morgan fingerprint density at radius 2 is 2.06 bits per heavy atom. The van der Waals surface area contributed by atoms with E-state index >= 15 is 0 Å². The Morgan fingerprint density at radius 1 is 1.44 bits per heavy atom. The van der Waals surface area contributed by atoms with Crippen molar-refractivity contribution in [1.82, 2.24) is 0 Å². The van der Waals surface area contributed by atoms with Gasteiger partial charge in [0.05, 0.1) is 17.1 Å². The van der Waals surface area contributed by atoms with Crippen LogP contribution in [0.1, 0.15) is 13.8 Å². The molecule has 0 amide bonds. The number of halogens is 1. The molecule has 90 valence electrons. The van der Waals surface area contributed by atoms with Crippen LogP contribution in [0.15, 0.2) is 22.7 Å². The van der Waals surface area contributed by atoms with Crippen LogP contribution in [-0.4, -0.2) is 14.2 Å². The van der Waals surface area contributed by atoms with E-state index in [2.05, 4.69) is 20.7 Å². The van der Waals surface area contributed by atoms with Gasteiger partial charge in [-0.3, -0.25) is 4.72 Å². The van der Waals surface area contributed by atoms with Crippen molar-refractivity contribution in [1.29, 1.82) is 0 Å². The molecular weight excluding hydrogens is 292 g/mol. The van der Waals surface area contributed by atoms with Crippen molar-refractivity contribution < 1.29 is 8.42 Å². The Hall–Kier alpha value is -0.750. The smallest absolute Gasteiger partial charge is 0.233 e. The Labute approximate surface area is 104 Å². The number of nitrogen functional groups attached to an aromatic ring is 1. The van der Waals surface area contributed by atoms with Crippen LogP contribution < -0.4 is 10.5 Å². The quantitative estimate of drug-likeness (QED) is 0.839. The maximum Gasteiger partial charge on any atom is 0.233 e. The summed E-state index contributed by atoms with van der Waals surface area (Å²) in [6.07, 6.45) is 0. The molecule has 1 rings (SSSR count). The second kappa shape index (κ2) is 5.05. The van der Waals surface area contributed by atoms with Crippen LogP contribution in [-0.2, 0) is 10.0 Å². The summed E-state index contributed by atoms with van der Waals surface area (Å²) in [5.74, 6) is 0.164. The minimum Gasteiger partial charge on any atom is -0.397 e. The summed E-state index contributed by atoms with van der Waals surface area (Å²) in [6.45, 7) is 3.70. The fourth-order valence-corrected chi connectivity index (χ4v) is 3.14. The van der Waals surface area contributed by atoms with Crippen molar-refractivity contribution in [2.45, 2.75) is 13.8 Å². The third-order valence-corrected chi connectivity index (χ3v) is 3.96. The van der Waals surface area contributed by atoms with Gasteiger partial charge in [-0.2, -0.15) is 0 Å². The molecule has 0 atom stereocenters. The average molecular weight is 307 g/mol. The first-order chi connectivity index (χ1) is 7.30. The largest absolute Gasteiger partial charge is 0.397 e. The van der Waals surface area contributed by atoms with E-state index in [-0.39, 0.29) is 11.7 Å². The molecule has 6 heteroatoms. The fraction of sp³-hybridized carbons (Fsp3) is 0.400. The Kier molecular flexibility index (Phi) is 4.21. The predicted molar refractivity (Wildman–Crippen MR) is 70.8 cm³/mol. The Morgan fingerprint density at radius 3 is 2.56 bits per heavy atom. The van der Waals surface area contributed by atoms with Crippen molar-refractivity contribution >= 4 is 37.3 Å². The van der Waals surface area contributed by atoms with Crippen LogP contribution in [0, 0.1) is 5.92 Å². The standard InChI is InChI=1S/C10H15BrN2O2S/c1-7(2)6-16(14,15)13-10-4-3-8(11)5-9(10)12/h3-5,7,13H,6,12H2,1-2H3. The molecule has 0 fully saturated rings. The summed E-state index contributed by atoms with van der Waals surface area (Å²) < 4.78 is 26.6. The zero-order valence-electron chi connectivity index (χ0n) is 9.20. The van der Waals surface area contributed by atoms with Crippen LogP contribution in [0.3, 0.4) is 0 Å². The number of sulfonamides is 1. The molecule has 1 aromatic carbocycles. The van der Waals surface area contributed by atoms with E-state index in [9.17, 15) is 8.42 Å². The normalized spacial score (nSPS) is 11.8. The molecule has 0 bridgehead atoms. The minimum atomic E-state index is -3.31. The van der Waals surface area contributed by atoms with Gasteiger partial charge in [0.25, 0.3) is 0 Å². The van der Waals surface area contributed by atoms with E-state index in [1.54, 1.807) is 18.2 Å². The highest BCUT2D eigenvalue weighted by Gasteiger charge is 2.14. The molecule has 0 aliphatic carbocycles. The maximum atomic E-state index is 11.7. The van der Waals surface area contributed by atoms with Gasteiger partial charge in [0.2, 0.25) is 10.0 Å². The lowest BCUT2D eigenvalue weighted by atomic mass is 10.3. The molecule has 0 unspecified atom stereocenters. The second-order valence-corrected chi connectivity index (χ2v) is 6.69. The highest BCUT2D eigenvalue weighted by atomic mass is 79.9. The lowest BCUT2D eigenvalue weighted by Gasteiger charge is -2.11. The van der Waals surface area contributed by atoms with Crippen LogP contribution >= 0.6 is 15.9 Å². The van der Waals surface area contributed by atoms with Crippen LogP contribution in [0.25, 0.3) is 0 Å². The van der Waals surface area contributed by atoms with Gasteiger partial charge in [0, 0.05) is 4.47 Å². The summed E-state index contributed by atoms with van der Waals surface area (Å²) >= 11 is 3.26. The summed E-state index contributed by atoms with van der Waals surface area (Å²) in [4.78, 5) is 0. The van der Waals surface area contributed by atoms with Gasteiger partial charge in [-0.15, -0.1) is 0 Å². The van der Waals surface area contributed by atoms with E-state index < -0.39 is 10.0 Å². The zero-order valence-corrected chi connectivity index (χ0v) is 11.6. The van der Waals surface area contributed by atoms with Crippen LogP contribution in [0.4, 0.5) is 11.4 Å². The molecule has 0 saturated carbocycles. The third-order valence-electron chi connectivity index (χ3n) is 1.83. The number of hydrogen-bond acceptors (Lipinski definition) is 3. The van der Waals surface area contributed by atoms with Crippen LogP contribution in [0.2, 0.25) is 0 Å². The van der Waals surface area contributed by atoms with Gasteiger partial charge in [-0.1, -0.05) is 29.8 Å². The minimum absolute atomic E-state index is 0.0779. The molecule has 3 N–H and O–H groups in total. The van der Waals surface area contributed by atoms with Gasteiger partial charge in [0.1, 0.15) is 0 Å². The lowest BCUT2D eigenvalue weighted by molar-refractivity contribution is 0.587. The second-order valence-electron chi connectivity index (χ2n) is 4.01. The van der Waals surface area contributed by atoms with Crippen molar-refractivity contribution in [2.24, 2.45) is 5.92 Å². The number of benzene rings is 1. The number of anilines is 2.